The van der Waals surface area contributed by atoms with Gasteiger partial charge in [-0.1, -0.05) is 66.7 Å². The SMILES string of the molecule is CC(=O)Nc1ccc(NC(=O)C(C)Sc2cccc(NC(=O)/C(=C\c3cccc4ccccc34)NC(=O)c3ccccc3)c2)cc1. The number of hydrogen-bond acceptors (Lipinski definition) is 5. The van der Waals surface area contributed by atoms with Gasteiger partial charge in [0.2, 0.25) is 11.8 Å². The van der Waals surface area contributed by atoms with E-state index in [1.807, 2.05) is 54.6 Å². The molecule has 0 aliphatic rings. The molecule has 0 fully saturated rings. The average Bonchev–Trinajstić information content (AvgIpc) is 3.05. The molecule has 5 aromatic carbocycles. The lowest BCUT2D eigenvalue weighted by Crippen LogP contribution is -2.30. The summed E-state index contributed by atoms with van der Waals surface area (Å²) in [6, 6.07) is 36.4. The van der Waals surface area contributed by atoms with E-state index in [2.05, 4.69) is 21.3 Å². The average molecular weight is 629 g/mol. The summed E-state index contributed by atoms with van der Waals surface area (Å²) in [7, 11) is 0. The standard InChI is InChI=1S/C37H32N4O4S/c1-24(35(43)39-30-20-18-29(19-21-30)38-25(2)42)46-32-16-9-15-31(23-32)40-37(45)34(41-36(44)27-11-4-3-5-12-27)22-28-14-8-13-26-10-6-7-17-33(26)28/h3-24H,1-2H3,(H,38,42)(H,39,43)(H,40,45)(H,41,44)/b34-22+. The van der Waals surface area contributed by atoms with Gasteiger partial charge in [-0.05, 0) is 83.9 Å². The molecule has 0 saturated heterocycles. The fraction of sp³-hybridized carbons (Fsp3) is 0.0811. The van der Waals surface area contributed by atoms with E-state index in [1.54, 1.807) is 79.7 Å². The molecule has 4 amide bonds. The van der Waals surface area contributed by atoms with Crippen LogP contribution in [0.1, 0.15) is 29.8 Å². The van der Waals surface area contributed by atoms with Gasteiger partial charge in [-0.3, -0.25) is 19.2 Å². The maximum absolute atomic E-state index is 13.7. The highest BCUT2D eigenvalue weighted by Gasteiger charge is 2.18. The summed E-state index contributed by atoms with van der Waals surface area (Å²) in [6.07, 6.45) is 1.67. The number of anilines is 3. The lowest BCUT2D eigenvalue weighted by molar-refractivity contribution is -0.115. The Hall–Kier alpha value is -5.67. The van der Waals surface area contributed by atoms with Crippen LogP contribution in [0, 0.1) is 0 Å². The van der Waals surface area contributed by atoms with Crippen LogP contribution in [-0.2, 0) is 14.4 Å². The van der Waals surface area contributed by atoms with Gasteiger partial charge in [0.25, 0.3) is 11.8 Å². The minimum Gasteiger partial charge on any atom is -0.326 e. The first-order valence-electron chi connectivity index (χ1n) is 14.6. The number of benzene rings is 5. The molecule has 0 heterocycles. The van der Waals surface area contributed by atoms with Crippen molar-refractivity contribution in [3.63, 3.8) is 0 Å². The van der Waals surface area contributed by atoms with Crippen LogP contribution in [0.25, 0.3) is 16.8 Å². The molecule has 46 heavy (non-hydrogen) atoms. The molecule has 0 spiro atoms. The van der Waals surface area contributed by atoms with Crippen molar-refractivity contribution in [1.82, 2.24) is 5.32 Å². The van der Waals surface area contributed by atoms with Crippen molar-refractivity contribution in [2.75, 3.05) is 16.0 Å². The highest BCUT2D eigenvalue weighted by molar-refractivity contribution is 8.00. The van der Waals surface area contributed by atoms with Crippen LogP contribution in [-0.4, -0.2) is 28.9 Å². The van der Waals surface area contributed by atoms with E-state index in [0.717, 1.165) is 21.2 Å². The Labute approximate surface area is 271 Å². The monoisotopic (exact) mass is 628 g/mol. The lowest BCUT2D eigenvalue weighted by atomic mass is 10.0. The summed E-state index contributed by atoms with van der Waals surface area (Å²) in [5.74, 6) is -1.27. The molecule has 0 aliphatic carbocycles. The van der Waals surface area contributed by atoms with Gasteiger partial charge in [-0.2, -0.15) is 0 Å². The second-order valence-electron chi connectivity index (χ2n) is 10.4. The van der Waals surface area contributed by atoms with E-state index in [9.17, 15) is 19.2 Å². The Morgan fingerprint density at radius 2 is 1.33 bits per heavy atom. The number of carbonyl (C=O) groups excluding carboxylic acids is 4. The van der Waals surface area contributed by atoms with Gasteiger partial charge in [0.1, 0.15) is 5.70 Å². The van der Waals surface area contributed by atoms with Crippen LogP contribution in [0.2, 0.25) is 0 Å². The van der Waals surface area contributed by atoms with E-state index >= 15 is 0 Å². The van der Waals surface area contributed by atoms with Gasteiger partial charge in [0.15, 0.2) is 0 Å². The summed E-state index contributed by atoms with van der Waals surface area (Å²) in [6.45, 7) is 3.22. The number of hydrogen-bond donors (Lipinski definition) is 4. The lowest BCUT2D eigenvalue weighted by Gasteiger charge is -2.14. The molecule has 0 aliphatic heterocycles. The van der Waals surface area contributed by atoms with Gasteiger partial charge >= 0.3 is 0 Å². The largest absolute Gasteiger partial charge is 0.326 e. The Balaban J connectivity index is 1.31. The topological polar surface area (TPSA) is 116 Å². The Kier molecular flexibility index (Phi) is 10.3. The van der Waals surface area contributed by atoms with Crippen molar-refractivity contribution in [3.8, 4) is 0 Å². The first-order chi connectivity index (χ1) is 22.2. The van der Waals surface area contributed by atoms with Gasteiger partial charge in [0, 0.05) is 34.4 Å². The predicted octanol–water partition coefficient (Wildman–Crippen LogP) is 7.33. The Bertz CT molecular complexity index is 1920. The number of nitrogens with one attached hydrogen (secondary N) is 4. The maximum atomic E-state index is 13.7. The van der Waals surface area contributed by atoms with E-state index in [-0.39, 0.29) is 17.5 Å². The number of thioether (sulfide) groups is 1. The van der Waals surface area contributed by atoms with E-state index in [1.165, 1.54) is 18.7 Å². The molecule has 5 rings (SSSR count). The van der Waals surface area contributed by atoms with Crippen LogP contribution in [0.4, 0.5) is 17.1 Å². The fourth-order valence-electron chi connectivity index (χ4n) is 4.66. The minimum atomic E-state index is -0.493. The second-order valence-corrected chi connectivity index (χ2v) is 11.9. The zero-order chi connectivity index (χ0) is 32.5. The first-order valence-corrected chi connectivity index (χ1v) is 15.5. The van der Waals surface area contributed by atoms with Crippen molar-refractivity contribution in [2.24, 2.45) is 0 Å². The third-order valence-electron chi connectivity index (χ3n) is 6.90. The van der Waals surface area contributed by atoms with E-state index in [4.69, 9.17) is 0 Å². The summed E-state index contributed by atoms with van der Waals surface area (Å²) in [5, 5.41) is 12.8. The molecule has 9 heteroatoms. The predicted molar refractivity (Wildman–Crippen MR) is 186 cm³/mol. The molecule has 5 aromatic rings. The molecule has 230 valence electrons. The molecule has 0 aromatic heterocycles. The second kappa shape index (κ2) is 14.9. The maximum Gasteiger partial charge on any atom is 0.272 e. The third-order valence-corrected chi connectivity index (χ3v) is 7.99. The summed E-state index contributed by atoms with van der Waals surface area (Å²) < 4.78 is 0. The van der Waals surface area contributed by atoms with Crippen LogP contribution < -0.4 is 21.3 Å². The minimum absolute atomic E-state index is 0.0838. The smallest absolute Gasteiger partial charge is 0.272 e. The summed E-state index contributed by atoms with van der Waals surface area (Å²) in [5.41, 5.74) is 3.05. The van der Waals surface area contributed by atoms with Crippen molar-refractivity contribution >= 4 is 69.3 Å². The van der Waals surface area contributed by atoms with Crippen molar-refractivity contribution in [1.29, 1.82) is 0 Å². The molecule has 0 saturated carbocycles. The fourth-order valence-corrected chi connectivity index (χ4v) is 5.59. The highest BCUT2D eigenvalue weighted by atomic mass is 32.2. The molecular formula is C37H32N4O4S. The first kappa shape index (κ1) is 31.7. The van der Waals surface area contributed by atoms with Crippen LogP contribution in [0.5, 0.6) is 0 Å². The van der Waals surface area contributed by atoms with Gasteiger partial charge in [-0.15, -0.1) is 11.8 Å². The van der Waals surface area contributed by atoms with E-state index < -0.39 is 17.1 Å². The number of fused-ring (bicyclic) bond motifs is 1. The normalized spacial score (nSPS) is 11.7. The number of amides is 4. The number of carbonyl (C=O) groups is 4. The highest BCUT2D eigenvalue weighted by Crippen LogP contribution is 2.27. The third kappa shape index (κ3) is 8.49. The summed E-state index contributed by atoms with van der Waals surface area (Å²) >= 11 is 1.34. The van der Waals surface area contributed by atoms with Gasteiger partial charge in [0.05, 0.1) is 5.25 Å². The zero-order valence-electron chi connectivity index (χ0n) is 25.2. The van der Waals surface area contributed by atoms with Crippen LogP contribution in [0.15, 0.2) is 132 Å². The van der Waals surface area contributed by atoms with Crippen molar-refractivity contribution in [3.05, 3.63) is 138 Å². The zero-order valence-corrected chi connectivity index (χ0v) is 26.1. The molecule has 1 unspecified atom stereocenters. The molecule has 8 nitrogen and oxygen atoms in total. The Morgan fingerprint density at radius 3 is 2.07 bits per heavy atom. The number of rotatable bonds is 10. The Morgan fingerprint density at radius 1 is 0.674 bits per heavy atom. The van der Waals surface area contributed by atoms with Crippen molar-refractivity contribution in [2.45, 2.75) is 24.0 Å². The molecule has 1 atom stereocenters. The molecule has 0 radical (unpaired) electrons. The van der Waals surface area contributed by atoms with Crippen LogP contribution >= 0.6 is 11.8 Å². The molecular weight excluding hydrogens is 596 g/mol. The van der Waals surface area contributed by atoms with Gasteiger partial charge in [-0.25, -0.2) is 0 Å². The summed E-state index contributed by atoms with van der Waals surface area (Å²) in [4.78, 5) is 51.7. The van der Waals surface area contributed by atoms with Crippen LogP contribution in [0.3, 0.4) is 0 Å². The van der Waals surface area contributed by atoms with Gasteiger partial charge < -0.3 is 21.3 Å². The quantitative estimate of drug-likeness (QED) is 0.0955. The van der Waals surface area contributed by atoms with Crippen molar-refractivity contribution < 1.29 is 19.2 Å². The molecule has 4 N–H and O–H groups in total. The molecule has 0 bridgehead atoms. The van der Waals surface area contributed by atoms with E-state index in [0.29, 0.717) is 22.6 Å².